The number of oxazole rings is 1. The number of carbonyl (C=O) groups excluding carboxylic acids is 1. The van der Waals surface area contributed by atoms with E-state index in [-0.39, 0.29) is 12.0 Å². The summed E-state index contributed by atoms with van der Waals surface area (Å²) in [4.78, 5) is 26.3. The molecule has 3 heterocycles. The Morgan fingerprint density at radius 3 is 2.61 bits per heavy atom. The van der Waals surface area contributed by atoms with Crippen LogP contribution in [0.2, 0.25) is 0 Å². The summed E-state index contributed by atoms with van der Waals surface area (Å²) in [5.74, 6) is 0.664. The molecule has 1 amide bonds. The molecule has 0 aliphatic carbocycles. The first-order chi connectivity index (χ1) is 16.0. The van der Waals surface area contributed by atoms with Crippen molar-refractivity contribution in [2.24, 2.45) is 0 Å². The van der Waals surface area contributed by atoms with E-state index in [9.17, 15) is 4.79 Å². The monoisotopic (exact) mass is 451 g/mol. The van der Waals surface area contributed by atoms with Crippen LogP contribution in [0, 0.1) is 0 Å². The molecule has 0 saturated carbocycles. The van der Waals surface area contributed by atoms with E-state index in [1.807, 2.05) is 43.0 Å². The molecule has 1 N–H and O–H groups in total. The van der Waals surface area contributed by atoms with Crippen molar-refractivity contribution < 1.29 is 13.9 Å². The van der Waals surface area contributed by atoms with Gasteiger partial charge < -0.3 is 24.3 Å². The Morgan fingerprint density at radius 2 is 1.97 bits per heavy atom. The average Bonchev–Trinajstić information content (AvgIpc) is 3.25. The Hall–Kier alpha value is -3.13. The zero-order valence-corrected chi connectivity index (χ0v) is 19.9. The highest BCUT2D eigenvalue weighted by Gasteiger charge is 2.22. The lowest BCUT2D eigenvalue weighted by Crippen LogP contribution is -2.48. The van der Waals surface area contributed by atoms with Gasteiger partial charge in [-0.15, -0.1) is 0 Å². The van der Waals surface area contributed by atoms with Crippen LogP contribution in [0.15, 0.2) is 34.9 Å². The second-order valence-corrected chi connectivity index (χ2v) is 8.59. The SMILES string of the molecule is CCCNc1nc2cc(-c3ccc(C(=O)N4CCN(CC)CC4)cn3)cc(OC(C)C)c2o1. The van der Waals surface area contributed by atoms with Gasteiger partial charge in [0.15, 0.2) is 11.3 Å². The number of nitrogens with zero attached hydrogens (tertiary/aromatic N) is 4. The standard InChI is InChI=1S/C25H33N5O3/c1-5-9-26-25-28-21-14-19(15-22(23(21)33-25)32-17(3)4)20-8-7-18(16-27-20)24(31)30-12-10-29(6-2)11-13-30/h7-8,14-17H,5-6,9-13H2,1-4H3,(H,26,28). The van der Waals surface area contributed by atoms with Gasteiger partial charge in [-0.3, -0.25) is 9.78 Å². The molecule has 8 nitrogen and oxygen atoms in total. The van der Waals surface area contributed by atoms with Crippen molar-refractivity contribution in [3.8, 4) is 17.0 Å². The Labute approximate surface area is 194 Å². The number of aromatic nitrogens is 2. The molecule has 2 aromatic heterocycles. The Bertz CT molecular complexity index is 1090. The molecule has 4 rings (SSSR count). The van der Waals surface area contributed by atoms with E-state index in [0.29, 0.717) is 28.4 Å². The van der Waals surface area contributed by atoms with Crippen LogP contribution >= 0.6 is 0 Å². The van der Waals surface area contributed by atoms with Crippen LogP contribution in [0.1, 0.15) is 44.5 Å². The van der Waals surface area contributed by atoms with Crippen molar-refractivity contribution in [2.45, 2.75) is 40.2 Å². The average molecular weight is 452 g/mol. The Balaban J connectivity index is 1.58. The fourth-order valence-electron chi connectivity index (χ4n) is 3.94. The fraction of sp³-hybridized carbons (Fsp3) is 0.480. The molecule has 1 aliphatic rings. The second-order valence-electron chi connectivity index (χ2n) is 8.59. The van der Waals surface area contributed by atoms with Gasteiger partial charge in [0.25, 0.3) is 11.9 Å². The number of amides is 1. The lowest BCUT2D eigenvalue weighted by atomic mass is 10.1. The van der Waals surface area contributed by atoms with Crippen LogP contribution in [0.5, 0.6) is 5.75 Å². The van der Waals surface area contributed by atoms with E-state index >= 15 is 0 Å². The number of nitrogens with one attached hydrogen (secondary N) is 1. The smallest absolute Gasteiger partial charge is 0.295 e. The van der Waals surface area contributed by atoms with E-state index in [1.165, 1.54) is 0 Å². The van der Waals surface area contributed by atoms with Gasteiger partial charge in [0, 0.05) is 44.5 Å². The van der Waals surface area contributed by atoms with Gasteiger partial charge >= 0.3 is 0 Å². The number of hydrogen-bond acceptors (Lipinski definition) is 7. The number of likely N-dealkylation sites (N-methyl/N-ethyl adjacent to an activating group) is 1. The first-order valence-electron chi connectivity index (χ1n) is 11.8. The summed E-state index contributed by atoms with van der Waals surface area (Å²) in [5, 5.41) is 3.19. The topological polar surface area (TPSA) is 83.7 Å². The van der Waals surface area contributed by atoms with Gasteiger partial charge in [-0.25, -0.2) is 0 Å². The van der Waals surface area contributed by atoms with E-state index in [2.05, 4.69) is 34.0 Å². The fourth-order valence-corrected chi connectivity index (χ4v) is 3.94. The maximum absolute atomic E-state index is 12.9. The van der Waals surface area contributed by atoms with Crippen LogP contribution < -0.4 is 10.1 Å². The normalized spacial score (nSPS) is 14.8. The van der Waals surface area contributed by atoms with Crippen LogP contribution in [0.4, 0.5) is 6.01 Å². The minimum absolute atomic E-state index is 0.0123. The zero-order chi connectivity index (χ0) is 23.4. The van der Waals surface area contributed by atoms with Gasteiger partial charge in [-0.05, 0) is 51.1 Å². The largest absolute Gasteiger partial charge is 0.487 e. The molecule has 1 aliphatic heterocycles. The zero-order valence-electron chi connectivity index (χ0n) is 19.9. The molecule has 0 spiro atoms. The van der Waals surface area contributed by atoms with Crippen molar-refractivity contribution >= 4 is 23.0 Å². The maximum Gasteiger partial charge on any atom is 0.295 e. The number of piperazine rings is 1. The van der Waals surface area contributed by atoms with Gasteiger partial charge in [-0.2, -0.15) is 4.98 Å². The number of ether oxygens (including phenoxy) is 1. The predicted molar refractivity (Wildman–Crippen MR) is 130 cm³/mol. The van der Waals surface area contributed by atoms with Crippen molar-refractivity contribution in [3.63, 3.8) is 0 Å². The lowest BCUT2D eigenvalue weighted by Gasteiger charge is -2.34. The van der Waals surface area contributed by atoms with Crippen molar-refractivity contribution in [2.75, 3.05) is 44.6 Å². The van der Waals surface area contributed by atoms with Gasteiger partial charge in [0.05, 0.1) is 17.4 Å². The third-order valence-electron chi connectivity index (χ3n) is 5.76. The number of benzene rings is 1. The van der Waals surface area contributed by atoms with Crippen LogP contribution in [0.3, 0.4) is 0 Å². The molecule has 176 valence electrons. The molecule has 0 unspecified atom stereocenters. The second kappa shape index (κ2) is 10.2. The molecule has 0 atom stereocenters. The lowest BCUT2D eigenvalue weighted by molar-refractivity contribution is 0.0643. The highest BCUT2D eigenvalue weighted by atomic mass is 16.5. The summed E-state index contributed by atoms with van der Waals surface area (Å²) >= 11 is 0. The summed E-state index contributed by atoms with van der Waals surface area (Å²) in [6.07, 6.45) is 2.62. The van der Waals surface area contributed by atoms with Gasteiger partial charge in [0.1, 0.15) is 5.52 Å². The minimum atomic E-state index is -0.0123. The van der Waals surface area contributed by atoms with E-state index in [1.54, 1.807) is 6.20 Å². The number of fused-ring (bicyclic) bond motifs is 1. The van der Waals surface area contributed by atoms with Gasteiger partial charge in [-0.1, -0.05) is 13.8 Å². The van der Waals surface area contributed by atoms with Crippen LogP contribution in [-0.4, -0.2) is 71.0 Å². The Morgan fingerprint density at radius 1 is 1.18 bits per heavy atom. The van der Waals surface area contributed by atoms with Crippen LogP contribution in [0.25, 0.3) is 22.4 Å². The highest BCUT2D eigenvalue weighted by Crippen LogP contribution is 2.34. The summed E-state index contributed by atoms with van der Waals surface area (Å²) in [7, 11) is 0. The van der Waals surface area contributed by atoms with E-state index in [4.69, 9.17) is 9.15 Å². The molecule has 0 bridgehead atoms. The molecule has 1 aromatic carbocycles. The summed E-state index contributed by atoms with van der Waals surface area (Å²) < 4.78 is 11.9. The molecule has 8 heteroatoms. The molecule has 1 fully saturated rings. The van der Waals surface area contributed by atoms with Crippen LogP contribution in [-0.2, 0) is 0 Å². The maximum atomic E-state index is 12.9. The first-order valence-corrected chi connectivity index (χ1v) is 11.8. The summed E-state index contributed by atoms with van der Waals surface area (Å²) in [5.41, 5.74) is 3.55. The van der Waals surface area contributed by atoms with Crippen molar-refractivity contribution in [3.05, 3.63) is 36.0 Å². The molecular formula is C25H33N5O3. The third-order valence-corrected chi connectivity index (χ3v) is 5.76. The number of hydrogen-bond donors (Lipinski definition) is 1. The summed E-state index contributed by atoms with van der Waals surface area (Å²) in [6, 6.07) is 8.07. The summed E-state index contributed by atoms with van der Waals surface area (Å²) in [6.45, 7) is 13.3. The first kappa shape index (κ1) is 23.0. The molecule has 3 aromatic rings. The molecule has 1 saturated heterocycles. The van der Waals surface area contributed by atoms with Crippen molar-refractivity contribution in [1.29, 1.82) is 0 Å². The molecule has 0 radical (unpaired) electrons. The van der Waals surface area contributed by atoms with E-state index < -0.39 is 0 Å². The van der Waals surface area contributed by atoms with Gasteiger partial charge in [0.2, 0.25) is 0 Å². The Kier molecular flexibility index (Phi) is 7.13. The number of pyridine rings is 1. The van der Waals surface area contributed by atoms with Crippen molar-refractivity contribution in [1.82, 2.24) is 19.8 Å². The number of carbonyl (C=O) groups is 1. The number of anilines is 1. The number of rotatable bonds is 8. The minimum Gasteiger partial charge on any atom is -0.487 e. The van der Waals surface area contributed by atoms with E-state index in [0.717, 1.165) is 56.9 Å². The molecular weight excluding hydrogens is 418 g/mol. The predicted octanol–water partition coefficient (Wildman–Crippen LogP) is 4.28. The highest BCUT2D eigenvalue weighted by molar-refractivity contribution is 5.94. The quantitative estimate of drug-likeness (QED) is 0.547. The third kappa shape index (κ3) is 5.27. The molecule has 33 heavy (non-hydrogen) atoms.